The summed E-state index contributed by atoms with van der Waals surface area (Å²) in [7, 11) is -3.53. The Kier molecular flexibility index (Phi) is 9.15. The predicted molar refractivity (Wildman–Crippen MR) is 114 cm³/mol. The zero-order chi connectivity index (χ0) is 23.9. The van der Waals surface area contributed by atoms with Gasteiger partial charge in [-0.1, -0.05) is 11.2 Å². The molecule has 0 spiro atoms. The van der Waals surface area contributed by atoms with Crippen molar-refractivity contribution in [2.45, 2.75) is 30.8 Å². The van der Waals surface area contributed by atoms with Gasteiger partial charge >= 0.3 is 0 Å². The normalized spacial score (nSPS) is 24.0. The van der Waals surface area contributed by atoms with E-state index in [1.54, 1.807) is 0 Å². The second kappa shape index (κ2) is 11.4. The molecule has 0 aliphatic carbocycles. The van der Waals surface area contributed by atoms with Gasteiger partial charge in [-0.3, -0.25) is 15.0 Å². The van der Waals surface area contributed by atoms with Crippen molar-refractivity contribution in [3.63, 3.8) is 0 Å². The summed E-state index contributed by atoms with van der Waals surface area (Å²) in [4.78, 5) is 14.6. The Balaban J connectivity index is 1.88. The molecule has 5 N–H and O–H groups in total. The lowest BCUT2D eigenvalue weighted by molar-refractivity contribution is -0.383. The highest BCUT2D eigenvalue weighted by atomic mass is 32.2. The van der Waals surface area contributed by atoms with Gasteiger partial charge in [0.15, 0.2) is 9.84 Å². The zero-order valence-electron chi connectivity index (χ0n) is 17.1. The number of nitrogens with one attached hydrogen (secondary N) is 1. The Hall–Kier alpha value is -2.52. The standard InChI is InChI=1S/C17H26N6O8S/c18-21-20-11-2-3-12(13(8-11)23(28)29)19-4-7-32(30,31)6-1-5-22-9-15(25)17(27)16(26)14(22)10-24/h2-3,8,14-17,19,24-27H,1,4-7,9-10H2. The minimum absolute atomic E-state index is 0.0133. The summed E-state index contributed by atoms with van der Waals surface area (Å²) in [6.45, 7) is -0.388. The van der Waals surface area contributed by atoms with Crippen LogP contribution in [0.4, 0.5) is 17.1 Å². The lowest BCUT2D eigenvalue weighted by Crippen LogP contribution is -2.62. The first-order chi connectivity index (χ1) is 15.1. The van der Waals surface area contributed by atoms with Crippen LogP contribution in [-0.2, 0) is 9.84 Å². The van der Waals surface area contributed by atoms with Crippen LogP contribution < -0.4 is 5.32 Å². The molecule has 178 valence electrons. The van der Waals surface area contributed by atoms with Crippen molar-refractivity contribution in [1.82, 2.24) is 4.90 Å². The first kappa shape index (κ1) is 25.7. The molecule has 1 aliphatic rings. The summed E-state index contributed by atoms with van der Waals surface area (Å²) >= 11 is 0. The van der Waals surface area contributed by atoms with Crippen molar-refractivity contribution in [3.8, 4) is 0 Å². The highest BCUT2D eigenvalue weighted by Crippen LogP contribution is 2.29. The second-order valence-corrected chi connectivity index (χ2v) is 9.68. The number of hydrogen-bond donors (Lipinski definition) is 5. The number of likely N-dealkylation sites (tertiary alicyclic amines) is 1. The van der Waals surface area contributed by atoms with Crippen molar-refractivity contribution in [1.29, 1.82) is 0 Å². The minimum Gasteiger partial charge on any atom is -0.395 e. The van der Waals surface area contributed by atoms with Gasteiger partial charge in [0.1, 0.15) is 17.9 Å². The summed E-state index contributed by atoms with van der Waals surface area (Å²) < 4.78 is 24.6. The number of sulfone groups is 1. The smallest absolute Gasteiger partial charge is 0.292 e. The molecule has 14 nitrogen and oxygen atoms in total. The zero-order valence-corrected chi connectivity index (χ0v) is 17.9. The summed E-state index contributed by atoms with van der Waals surface area (Å²) in [6.07, 6.45) is -3.79. The first-order valence-electron chi connectivity index (χ1n) is 9.76. The summed E-state index contributed by atoms with van der Waals surface area (Å²) in [6, 6.07) is 2.95. The van der Waals surface area contributed by atoms with E-state index in [0.717, 1.165) is 6.07 Å². The lowest BCUT2D eigenvalue weighted by Gasteiger charge is -2.43. The maximum atomic E-state index is 12.3. The van der Waals surface area contributed by atoms with Crippen molar-refractivity contribution in [2.75, 3.05) is 43.1 Å². The number of nitro groups is 1. The molecule has 1 aromatic rings. The van der Waals surface area contributed by atoms with Gasteiger partial charge in [0, 0.05) is 29.8 Å². The van der Waals surface area contributed by atoms with Crippen molar-refractivity contribution in [3.05, 3.63) is 38.8 Å². The Morgan fingerprint density at radius 2 is 2.00 bits per heavy atom. The van der Waals surface area contributed by atoms with Crippen molar-refractivity contribution < 1.29 is 33.8 Å². The summed E-state index contributed by atoms with van der Waals surface area (Å²) in [5.74, 6) is -0.508. The van der Waals surface area contributed by atoms with Crippen LogP contribution in [0.25, 0.3) is 10.4 Å². The highest BCUT2D eigenvalue weighted by Gasteiger charge is 2.40. The van der Waals surface area contributed by atoms with E-state index in [-0.39, 0.29) is 54.6 Å². The van der Waals surface area contributed by atoms with Crippen LogP contribution in [0.3, 0.4) is 0 Å². The van der Waals surface area contributed by atoms with E-state index in [9.17, 15) is 39.0 Å². The fourth-order valence-corrected chi connectivity index (χ4v) is 4.69. The van der Waals surface area contributed by atoms with Gasteiger partial charge in [0.05, 0.1) is 35.2 Å². The van der Waals surface area contributed by atoms with E-state index in [1.165, 1.54) is 17.0 Å². The number of aliphatic hydroxyl groups is 4. The monoisotopic (exact) mass is 474 g/mol. The van der Waals surface area contributed by atoms with Gasteiger partial charge in [0.2, 0.25) is 0 Å². The Morgan fingerprint density at radius 1 is 1.28 bits per heavy atom. The molecule has 0 saturated carbocycles. The number of aliphatic hydroxyl groups excluding tert-OH is 4. The number of hydrogen-bond acceptors (Lipinski definition) is 11. The first-order valence-corrected chi connectivity index (χ1v) is 11.6. The Bertz CT molecular complexity index is 954. The van der Waals surface area contributed by atoms with Crippen LogP contribution >= 0.6 is 0 Å². The van der Waals surface area contributed by atoms with Crippen LogP contribution in [0.1, 0.15) is 6.42 Å². The number of rotatable bonds is 11. The van der Waals surface area contributed by atoms with Crippen LogP contribution in [0.2, 0.25) is 0 Å². The van der Waals surface area contributed by atoms with E-state index in [2.05, 4.69) is 15.3 Å². The number of piperidine rings is 1. The van der Waals surface area contributed by atoms with Gasteiger partial charge < -0.3 is 25.7 Å². The van der Waals surface area contributed by atoms with Gasteiger partial charge in [-0.2, -0.15) is 0 Å². The summed E-state index contributed by atoms with van der Waals surface area (Å²) in [5, 5.41) is 56.1. The van der Waals surface area contributed by atoms with Gasteiger partial charge in [0.25, 0.3) is 5.69 Å². The van der Waals surface area contributed by atoms with Gasteiger partial charge in [-0.05, 0) is 24.6 Å². The molecule has 4 atom stereocenters. The average Bonchev–Trinajstić information content (AvgIpc) is 2.73. The van der Waals surface area contributed by atoms with E-state index in [0.29, 0.717) is 0 Å². The van der Waals surface area contributed by atoms with Crippen LogP contribution in [-0.4, -0.2) is 101 Å². The topological polar surface area (TPSA) is 222 Å². The van der Waals surface area contributed by atoms with Crippen LogP contribution in [0.15, 0.2) is 23.3 Å². The molecule has 0 amide bonds. The molecule has 32 heavy (non-hydrogen) atoms. The molecule has 1 fully saturated rings. The maximum Gasteiger partial charge on any atom is 0.292 e. The third kappa shape index (κ3) is 6.74. The van der Waals surface area contributed by atoms with Crippen molar-refractivity contribution in [2.24, 2.45) is 5.11 Å². The summed E-state index contributed by atoms with van der Waals surface area (Å²) in [5.41, 5.74) is 8.21. The van der Waals surface area contributed by atoms with Gasteiger partial charge in [-0.15, -0.1) is 0 Å². The number of azide groups is 1. The Labute approximate surface area is 183 Å². The fourth-order valence-electron chi connectivity index (χ4n) is 3.50. The molecule has 4 unspecified atom stereocenters. The molecule has 0 aromatic heterocycles. The average molecular weight is 474 g/mol. The molecule has 1 saturated heterocycles. The van der Waals surface area contributed by atoms with E-state index >= 15 is 0 Å². The molecular formula is C17H26N6O8S. The molecule has 2 rings (SSSR count). The number of nitrogens with zero attached hydrogens (tertiary/aromatic N) is 5. The quantitative estimate of drug-likeness (QED) is 0.0909. The van der Waals surface area contributed by atoms with E-state index in [4.69, 9.17) is 5.53 Å². The molecule has 1 aromatic carbocycles. The maximum absolute atomic E-state index is 12.3. The van der Waals surface area contributed by atoms with E-state index < -0.39 is 45.7 Å². The molecule has 1 aliphatic heterocycles. The molecule has 0 bridgehead atoms. The fraction of sp³-hybridized carbons (Fsp3) is 0.647. The number of anilines is 1. The third-order valence-electron chi connectivity index (χ3n) is 5.18. The number of benzene rings is 1. The lowest BCUT2D eigenvalue weighted by atomic mass is 9.94. The molecular weight excluding hydrogens is 448 g/mol. The third-order valence-corrected chi connectivity index (χ3v) is 6.92. The second-order valence-electron chi connectivity index (χ2n) is 7.37. The SMILES string of the molecule is [N-]=[N+]=Nc1ccc(NCCS(=O)(=O)CCCN2CC(O)C(O)C(O)C2CO)c([N+](=O)[O-])c1. The van der Waals surface area contributed by atoms with Gasteiger partial charge in [-0.25, -0.2) is 8.42 Å². The number of nitro benzene ring substituents is 1. The molecule has 0 radical (unpaired) electrons. The minimum atomic E-state index is -3.53. The molecule has 1 heterocycles. The highest BCUT2D eigenvalue weighted by molar-refractivity contribution is 7.91. The Morgan fingerprint density at radius 3 is 2.62 bits per heavy atom. The largest absolute Gasteiger partial charge is 0.395 e. The predicted octanol–water partition coefficient (Wildman–Crippen LogP) is -0.487. The van der Waals surface area contributed by atoms with E-state index in [1.807, 2.05) is 0 Å². The van der Waals surface area contributed by atoms with Crippen LogP contribution in [0.5, 0.6) is 0 Å². The molecule has 15 heteroatoms. The van der Waals surface area contributed by atoms with Crippen molar-refractivity contribution >= 4 is 26.9 Å². The van der Waals surface area contributed by atoms with Crippen LogP contribution in [0, 0.1) is 10.1 Å². The number of β-amino-alcohol motifs (C(OH)–C–C–N with tert-alkyl or cyclic N) is 1.